The van der Waals surface area contributed by atoms with E-state index in [0.29, 0.717) is 5.92 Å². The highest BCUT2D eigenvalue weighted by atomic mass is 15.3. The Balaban J connectivity index is 2.41. The second kappa shape index (κ2) is 3.81. The number of hydrogen-bond donors (Lipinski definition) is 0. The van der Waals surface area contributed by atoms with Gasteiger partial charge in [-0.3, -0.25) is 9.67 Å². The molecule has 0 saturated carbocycles. The average Bonchev–Trinajstić information content (AvgIpc) is 2.65. The number of rotatable bonds is 2. The number of aromatic nitrogens is 4. The first-order valence-corrected chi connectivity index (χ1v) is 4.99. The second-order valence-corrected chi connectivity index (χ2v) is 3.87. The summed E-state index contributed by atoms with van der Waals surface area (Å²) >= 11 is 0. The molecule has 0 aromatic carbocycles. The second-order valence-electron chi connectivity index (χ2n) is 3.87. The van der Waals surface area contributed by atoms with Crippen LogP contribution in [-0.4, -0.2) is 19.7 Å². The Morgan fingerprint density at radius 1 is 1.27 bits per heavy atom. The van der Waals surface area contributed by atoms with Crippen molar-refractivity contribution in [1.29, 1.82) is 0 Å². The minimum Gasteiger partial charge on any atom is -0.261 e. The van der Waals surface area contributed by atoms with E-state index in [2.05, 4.69) is 28.9 Å². The molecule has 0 atom stereocenters. The zero-order valence-corrected chi connectivity index (χ0v) is 9.18. The van der Waals surface area contributed by atoms with E-state index in [0.717, 1.165) is 17.1 Å². The molecule has 0 aliphatic carbocycles. The number of pyridine rings is 1. The SMILES string of the molecule is CC(C)c1cc(-c2ncn(C)n2)ccn1. The van der Waals surface area contributed by atoms with Gasteiger partial charge in [-0.2, -0.15) is 5.10 Å². The van der Waals surface area contributed by atoms with Crippen LogP contribution in [0.5, 0.6) is 0 Å². The molecule has 78 valence electrons. The fourth-order valence-corrected chi connectivity index (χ4v) is 1.37. The van der Waals surface area contributed by atoms with Gasteiger partial charge in [-0.25, -0.2) is 4.98 Å². The van der Waals surface area contributed by atoms with Gasteiger partial charge in [0.15, 0.2) is 5.82 Å². The highest BCUT2D eigenvalue weighted by Crippen LogP contribution is 2.18. The van der Waals surface area contributed by atoms with Gasteiger partial charge in [0.25, 0.3) is 0 Å². The van der Waals surface area contributed by atoms with Crippen molar-refractivity contribution < 1.29 is 0 Å². The molecule has 0 bridgehead atoms. The summed E-state index contributed by atoms with van der Waals surface area (Å²) in [5, 5.41) is 4.26. The molecule has 0 aliphatic rings. The van der Waals surface area contributed by atoms with E-state index in [-0.39, 0.29) is 0 Å². The summed E-state index contributed by atoms with van der Waals surface area (Å²) in [7, 11) is 1.86. The number of aryl methyl sites for hydroxylation is 1. The van der Waals surface area contributed by atoms with Gasteiger partial charge in [0.05, 0.1) is 0 Å². The maximum atomic E-state index is 4.31. The van der Waals surface area contributed by atoms with E-state index >= 15 is 0 Å². The third-order valence-corrected chi connectivity index (χ3v) is 2.23. The average molecular weight is 202 g/mol. The summed E-state index contributed by atoms with van der Waals surface area (Å²) in [6.07, 6.45) is 3.51. The summed E-state index contributed by atoms with van der Waals surface area (Å²) in [6.45, 7) is 4.25. The van der Waals surface area contributed by atoms with Crippen LogP contribution >= 0.6 is 0 Å². The van der Waals surface area contributed by atoms with Crippen molar-refractivity contribution in [3.05, 3.63) is 30.4 Å². The lowest BCUT2D eigenvalue weighted by Gasteiger charge is -2.04. The van der Waals surface area contributed by atoms with E-state index in [1.807, 2.05) is 19.2 Å². The molecule has 2 heterocycles. The van der Waals surface area contributed by atoms with Crippen molar-refractivity contribution in [3.8, 4) is 11.4 Å². The van der Waals surface area contributed by atoms with E-state index in [9.17, 15) is 0 Å². The molecule has 2 aromatic heterocycles. The maximum Gasteiger partial charge on any atom is 0.181 e. The minimum absolute atomic E-state index is 0.425. The largest absolute Gasteiger partial charge is 0.261 e. The molecule has 0 spiro atoms. The Bertz CT molecular complexity index is 459. The summed E-state index contributed by atoms with van der Waals surface area (Å²) in [4.78, 5) is 8.52. The minimum atomic E-state index is 0.425. The molecule has 4 nitrogen and oxygen atoms in total. The van der Waals surface area contributed by atoms with E-state index in [4.69, 9.17) is 0 Å². The van der Waals surface area contributed by atoms with Gasteiger partial charge in [-0.05, 0) is 18.1 Å². The van der Waals surface area contributed by atoms with Crippen LogP contribution in [-0.2, 0) is 7.05 Å². The molecule has 0 radical (unpaired) electrons. The molecule has 2 aromatic rings. The predicted octanol–water partition coefficient (Wildman–Crippen LogP) is 2.00. The van der Waals surface area contributed by atoms with Crippen molar-refractivity contribution in [3.63, 3.8) is 0 Å². The lowest BCUT2D eigenvalue weighted by Crippen LogP contribution is -1.93. The van der Waals surface area contributed by atoms with Crippen molar-refractivity contribution >= 4 is 0 Å². The maximum absolute atomic E-state index is 4.31. The van der Waals surface area contributed by atoms with Crippen LogP contribution in [0.15, 0.2) is 24.7 Å². The van der Waals surface area contributed by atoms with Crippen LogP contribution in [0.25, 0.3) is 11.4 Å². The first kappa shape index (κ1) is 9.83. The molecular formula is C11H14N4. The summed E-state index contributed by atoms with van der Waals surface area (Å²) in [5.74, 6) is 1.18. The first-order chi connectivity index (χ1) is 7.16. The Morgan fingerprint density at radius 3 is 2.67 bits per heavy atom. The third kappa shape index (κ3) is 2.03. The standard InChI is InChI=1S/C11H14N4/c1-8(2)10-6-9(4-5-12-10)11-13-7-15(3)14-11/h4-8H,1-3H3. The molecule has 0 unspecified atom stereocenters. The van der Waals surface area contributed by atoms with Gasteiger partial charge in [-0.15, -0.1) is 0 Å². The zero-order valence-electron chi connectivity index (χ0n) is 9.18. The van der Waals surface area contributed by atoms with Gasteiger partial charge in [0, 0.05) is 24.5 Å². The molecule has 0 amide bonds. The fraction of sp³-hybridized carbons (Fsp3) is 0.364. The first-order valence-electron chi connectivity index (χ1n) is 4.99. The topological polar surface area (TPSA) is 43.6 Å². The Hall–Kier alpha value is -1.71. The Kier molecular flexibility index (Phi) is 2.49. The molecule has 0 fully saturated rings. The van der Waals surface area contributed by atoms with Crippen molar-refractivity contribution in [1.82, 2.24) is 19.7 Å². The molecule has 0 aliphatic heterocycles. The Labute approximate surface area is 89.0 Å². The van der Waals surface area contributed by atoms with Crippen LogP contribution in [0.3, 0.4) is 0 Å². The molecule has 0 saturated heterocycles. The van der Waals surface area contributed by atoms with Crippen LogP contribution in [0.2, 0.25) is 0 Å². The number of hydrogen-bond acceptors (Lipinski definition) is 3. The van der Waals surface area contributed by atoms with E-state index in [1.54, 1.807) is 17.2 Å². The molecule has 4 heteroatoms. The summed E-state index contributed by atoms with van der Waals surface area (Å²) in [6, 6.07) is 3.97. The highest BCUT2D eigenvalue weighted by Gasteiger charge is 2.06. The van der Waals surface area contributed by atoms with Gasteiger partial charge < -0.3 is 0 Å². The molecule has 2 rings (SSSR count). The summed E-state index contributed by atoms with van der Waals surface area (Å²) < 4.78 is 1.70. The van der Waals surface area contributed by atoms with Gasteiger partial charge in [-0.1, -0.05) is 13.8 Å². The highest BCUT2D eigenvalue weighted by molar-refractivity contribution is 5.54. The third-order valence-electron chi connectivity index (χ3n) is 2.23. The fourth-order valence-electron chi connectivity index (χ4n) is 1.37. The van der Waals surface area contributed by atoms with Crippen LogP contribution in [0, 0.1) is 0 Å². The van der Waals surface area contributed by atoms with Crippen molar-refractivity contribution in [2.45, 2.75) is 19.8 Å². The van der Waals surface area contributed by atoms with E-state index < -0.39 is 0 Å². The van der Waals surface area contributed by atoms with Crippen LogP contribution < -0.4 is 0 Å². The van der Waals surface area contributed by atoms with Crippen LogP contribution in [0.4, 0.5) is 0 Å². The molecule has 0 N–H and O–H groups in total. The van der Waals surface area contributed by atoms with Crippen LogP contribution in [0.1, 0.15) is 25.5 Å². The monoisotopic (exact) mass is 202 g/mol. The van der Waals surface area contributed by atoms with E-state index in [1.165, 1.54) is 0 Å². The summed E-state index contributed by atoms with van der Waals surface area (Å²) in [5.41, 5.74) is 2.09. The lowest BCUT2D eigenvalue weighted by atomic mass is 10.1. The normalized spacial score (nSPS) is 10.9. The predicted molar refractivity (Wildman–Crippen MR) is 58.3 cm³/mol. The van der Waals surface area contributed by atoms with Gasteiger partial charge in [0.1, 0.15) is 6.33 Å². The lowest BCUT2D eigenvalue weighted by molar-refractivity contribution is 0.767. The van der Waals surface area contributed by atoms with Gasteiger partial charge >= 0.3 is 0 Å². The zero-order chi connectivity index (χ0) is 10.8. The molecular weight excluding hydrogens is 188 g/mol. The van der Waals surface area contributed by atoms with Crippen molar-refractivity contribution in [2.75, 3.05) is 0 Å². The van der Waals surface area contributed by atoms with Crippen molar-refractivity contribution in [2.24, 2.45) is 7.05 Å². The Morgan fingerprint density at radius 2 is 2.07 bits per heavy atom. The molecule has 15 heavy (non-hydrogen) atoms. The quantitative estimate of drug-likeness (QED) is 0.748. The van der Waals surface area contributed by atoms with Gasteiger partial charge in [0.2, 0.25) is 0 Å². The number of nitrogens with zero attached hydrogens (tertiary/aromatic N) is 4. The smallest absolute Gasteiger partial charge is 0.181 e.